The number of anilines is 2. The van der Waals surface area contributed by atoms with Crippen molar-refractivity contribution in [3.8, 4) is 5.75 Å². The molecule has 0 aromatic heterocycles. The van der Waals surface area contributed by atoms with Crippen LogP contribution in [-0.4, -0.2) is 24.9 Å². The van der Waals surface area contributed by atoms with Crippen molar-refractivity contribution in [2.45, 2.75) is 45.3 Å². The molecule has 1 unspecified atom stereocenters. The van der Waals surface area contributed by atoms with Gasteiger partial charge in [-0.25, -0.2) is 0 Å². The van der Waals surface area contributed by atoms with Crippen LogP contribution in [0.25, 0.3) is 0 Å². The molecule has 2 rings (SSSR count). The highest BCUT2D eigenvalue weighted by molar-refractivity contribution is 5.59. The second-order valence-corrected chi connectivity index (χ2v) is 5.67. The molecule has 0 radical (unpaired) electrons. The van der Waals surface area contributed by atoms with Gasteiger partial charge in [0.05, 0.1) is 12.2 Å². The smallest absolute Gasteiger partial charge is 0.123 e. The maximum atomic E-state index is 5.90. The van der Waals surface area contributed by atoms with Gasteiger partial charge in [-0.3, -0.25) is 0 Å². The lowest BCUT2D eigenvalue weighted by Crippen LogP contribution is -2.40. The fourth-order valence-electron chi connectivity index (χ4n) is 2.55. The van der Waals surface area contributed by atoms with Crippen LogP contribution >= 0.6 is 0 Å². The summed E-state index contributed by atoms with van der Waals surface area (Å²) in [5.74, 6) is 0.816. The van der Waals surface area contributed by atoms with E-state index >= 15 is 0 Å². The zero-order chi connectivity index (χ0) is 13.9. The van der Waals surface area contributed by atoms with Gasteiger partial charge in [-0.15, -0.1) is 0 Å². The van der Waals surface area contributed by atoms with E-state index in [0.717, 1.165) is 36.6 Å². The highest BCUT2D eigenvalue weighted by Gasteiger charge is 2.28. The molecular formula is C15H24N2O2. The van der Waals surface area contributed by atoms with Crippen LogP contribution in [0.2, 0.25) is 0 Å². The summed E-state index contributed by atoms with van der Waals surface area (Å²) in [5.41, 5.74) is 7.59. The molecule has 1 fully saturated rings. The zero-order valence-corrected chi connectivity index (χ0v) is 12.0. The second-order valence-electron chi connectivity index (χ2n) is 5.67. The maximum absolute atomic E-state index is 5.90. The van der Waals surface area contributed by atoms with Crippen LogP contribution in [0.5, 0.6) is 5.75 Å². The molecule has 4 heteroatoms. The van der Waals surface area contributed by atoms with Crippen molar-refractivity contribution in [3.63, 3.8) is 0 Å². The molecule has 19 heavy (non-hydrogen) atoms. The molecule has 4 nitrogen and oxygen atoms in total. The molecule has 1 saturated heterocycles. The van der Waals surface area contributed by atoms with Crippen molar-refractivity contribution >= 4 is 11.4 Å². The summed E-state index contributed by atoms with van der Waals surface area (Å²) in [6.45, 7) is 7.67. The fourth-order valence-corrected chi connectivity index (χ4v) is 2.55. The lowest BCUT2D eigenvalue weighted by molar-refractivity contribution is -0.0553. The van der Waals surface area contributed by atoms with Gasteiger partial charge in [0, 0.05) is 36.2 Å². The minimum Gasteiger partial charge on any atom is -0.494 e. The van der Waals surface area contributed by atoms with Gasteiger partial charge in [0.2, 0.25) is 0 Å². The number of nitrogen functional groups attached to an aromatic ring is 1. The first-order valence-electron chi connectivity index (χ1n) is 6.92. The quantitative estimate of drug-likeness (QED) is 0.821. The van der Waals surface area contributed by atoms with E-state index in [0.29, 0.717) is 12.6 Å². The van der Waals surface area contributed by atoms with Gasteiger partial charge in [0.15, 0.2) is 0 Å². The molecule has 0 spiro atoms. The molecule has 106 valence electrons. The predicted molar refractivity (Wildman–Crippen MR) is 78.7 cm³/mol. The van der Waals surface area contributed by atoms with Gasteiger partial charge in [-0.05, 0) is 39.7 Å². The summed E-state index contributed by atoms with van der Waals surface area (Å²) in [5, 5.41) is 3.54. The maximum Gasteiger partial charge on any atom is 0.123 e. The Bertz CT molecular complexity index is 432. The van der Waals surface area contributed by atoms with Gasteiger partial charge in [-0.1, -0.05) is 0 Å². The Morgan fingerprint density at radius 2 is 2.21 bits per heavy atom. The molecule has 1 heterocycles. The lowest BCUT2D eigenvalue weighted by atomic mass is 9.94. The third kappa shape index (κ3) is 4.03. The average Bonchev–Trinajstić information content (AvgIpc) is 2.26. The van der Waals surface area contributed by atoms with E-state index in [-0.39, 0.29) is 5.60 Å². The molecule has 1 aromatic carbocycles. The highest BCUT2D eigenvalue weighted by Crippen LogP contribution is 2.28. The van der Waals surface area contributed by atoms with E-state index in [1.54, 1.807) is 0 Å². The summed E-state index contributed by atoms with van der Waals surface area (Å²) in [4.78, 5) is 0. The monoisotopic (exact) mass is 264 g/mol. The number of nitrogens with two attached hydrogens (primary N) is 1. The number of nitrogens with one attached hydrogen (secondary N) is 1. The van der Waals surface area contributed by atoms with Crippen molar-refractivity contribution < 1.29 is 9.47 Å². The Kier molecular flexibility index (Phi) is 4.20. The largest absolute Gasteiger partial charge is 0.494 e. The number of benzene rings is 1. The molecule has 1 aliphatic rings. The Morgan fingerprint density at radius 3 is 2.89 bits per heavy atom. The Morgan fingerprint density at radius 1 is 1.42 bits per heavy atom. The Hall–Kier alpha value is -1.42. The van der Waals surface area contributed by atoms with Crippen LogP contribution in [0.3, 0.4) is 0 Å². The van der Waals surface area contributed by atoms with Gasteiger partial charge < -0.3 is 20.5 Å². The zero-order valence-electron chi connectivity index (χ0n) is 12.0. The van der Waals surface area contributed by atoms with E-state index in [4.69, 9.17) is 15.2 Å². The molecule has 0 saturated carbocycles. The minimum absolute atomic E-state index is 0.0566. The topological polar surface area (TPSA) is 56.5 Å². The SMILES string of the molecule is CCOc1cc(N)cc(NC2CCOC(C)(C)C2)c1. The van der Waals surface area contributed by atoms with Crippen molar-refractivity contribution in [1.82, 2.24) is 0 Å². The van der Waals surface area contributed by atoms with Crippen LogP contribution in [0.1, 0.15) is 33.6 Å². The highest BCUT2D eigenvalue weighted by atomic mass is 16.5. The van der Waals surface area contributed by atoms with Gasteiger partial charge in [0.1, 0.15) is 5.75 Å². The van der Waals surface area contributed by atoms with Crippen LogP contribution < -0.4 is 15.8 Å². The summed E-state index contributed by atoms with van der Waals surface area (Å²) >= 11 is 0. The van der Waals surface area contributed by atoms with Crippen LogP contribution in [0.15, 0.2) is 18.2 Å². The first-order valence-corrected chi connectivity index (χ1v) is 6.92. The van der Waals surface area contributed by atoms with Crippen LogP contribution in [-0.2, 0) is 4.74 Å². The summed E-state index contributed by atoms with van der Waals surface area (Å²) < 4.78 is 11.2. The standard InChI is InChI=1S/C15H24N2O2/c1-4-18-14-8-11(16)7-13(9-14)17-12-5-6-19-15(2,3)10-12/h7-9,12,17H,4-6,10,16H2,1-3H3. The molecule has 1 aliphatic heterocycles. The first-order chi connectivity index (χ1) is 8.98. The Labute approximate surface area is 115 Å². The van der Waals surface area contributed by atoms with Crippen molar-refractivity contribution in [2.75, 3.05) is 24.3 Å². The molecular weight excluding hydrogens is 240 g/mol. The number of hydrogen-bond donors (Lipinski definition) is 2. The van der Waals surface area contributed by atoms with Crippen LogP contribution in [0.4, 0.5) is 11.4 Å². The molecule has 1 aromatic rings. The third-order valence-corrected chi connectivity index (χ3v) is 3.31. The molecule has 1 atom stereocenters. The van der Waals surface area contributed by atoms with Gasteiger partial charge >= 0.3 is 0 Å². The molecule has 0 bridgehead atoms. The van der Waals surface area contributed by atoms with Crippen LogP contribution in [0, 0.1) is 0 Å². The molecule has 0 aliphatic carbocycles. The summed E-state index contributed by atoms with van der Waals surface area (Å²) in [6, 6.07) is 6.22. The van der Waals surface area contributed by atoms with Crippen molar-refractivity contribution in [1.29, 1.82) is 0 Å². The summed E-state index contributed by atoms with van der Waals surface area (Å²) in [6.07, 6.45) is 2.01. The average molecular weight is 264 g/mol. The number of hydrogen-bond acceptors (Lipinski definition) is 4. The number of rotatable bonds is 4. The van der Waals surface area contributed by atoms with E-state index in [1.807, 2.05) is 25.1 Å². The van der Waals surface area contributed by atoms with Crippen molar-refractivity contribution in [3.05, 3.63) is 18.2 Å². The normalized spacial score (nSPS) is 21.9. The van der Waals surface area contributed by atoms with E-state index in [1.165, 1.54) is 0 Å². The lowest BCUT2D eigenvalue weighted by Gasteiger charge is -2.36. The molecule has 3 N–H and O–H groups in total. The number of ether oxygens (including phenoxy) is 2. The second kappa shape index (κ2) is 5.70. The van der Waals surface area contributed by atoms with E-state index < -0.39 is 0 Å². The summed E-state index contributed by atoms with van der Waals surface area (Å²) in [7, 11) is 0. The Balaban J connectivity index is 2.06. The van der Waals surface area contributed by atoms with Gasteiger partial charge in [-0.2, -0.15) is 0 Å². The third-order valence-electron chi connectivity index (χ3n) is 3.31. The van der Waals surface area contributed by atoms with Crippen molar-refractivity contribution in [2.24, 2.45) is 0 Å². The molecule has 0 amide bonds. The van der Waals surface area contributed by atoms with E-state index in [9.17, 15) is 0 Å². The predicted octanol–water partition coefficient (Wildman–Crippen LogP) is 3.04. The minimum atomic E-state index is -0.0566. The first kappa shape index (κ1) is 14.0. The van der Waals surface area contributed by atoms with E-state index in [2.05, 4.69) is 19.2 Å². The fraction of sp³-hybridized carbons (Fsp3) is 0.600. The van der Waals surface area contributed by atoms with Gasteiger partial charge in [0.25, 0.3) is 0 Å².